The Hall–Kier alpha value is -0.480. The zero-order valence-corrected chi connectivity index (χ0v) is 10.3. The van der Waals surface area contributed by atoms with Crippen molar-refractivity contribution in [2.45, 2.75) is 32.2 Å². The Balaban J connectivity index is 2.27. The first kappa shape index (κ1) is 12.6. The normalized spacial score (nSPS) is 17.4. The van der Waals surface area contributed by atoms with Gasteiger partial charge in [-0.2, -0.15) is 11.8 Å². The average Bonchev–Trinajstić information content (AvgIpc) is 2.68. The maximum atomic E-state index is 11.7. The minimum Gasteiger partial charge on any atom is -0.327 e. The first-order valence-corrected chi connectivity index (χ1v) is 6.55. The molecule has 1 amide bonds. The Bertz CT molecular complexity index is 251. The number of hydrogen-bond donors (Lipinski definition) is 1. The van der Waals surface area contributed by atoms with Crippen molar-refractivity contribution < 1.29 is 4.79 Å². The number of allylic oxidation sites excluding steroid dienone is 2. The highest BCUT2D eigenvalue weighted by Gasteiger charge is 2.15. The van der Waals surface area contributed by atoms with Crippen molar-refractivity contribution in [2.24, 2.45) is 5.73 Å². The lowest BCUT2D eigenvalue weighted by atomic mass is 10.3. The van der Waals surface area contributed by atoms with Gasteiger partial charge in [-0.1, -0.05) is 6.08 Å². The lowest BCUT2D eigenvalue weighted by Crippen LogP contribution is -2.28. The molecule has 15 heavy (non-hydrogen) atoms. The Morgan fingerprint density at radius 2 is 2.47 bits per heavy atom. The molecule has 0 aromatic rings. The van der Waals surface area contributed by atoms with Crippen molar-refractivity contribution in [3.8, 4) is 0 Å². The fourth-order valence-electron chi connectivity index (χ4n) is 1.55. The van der Waals surface area contributed by atoms with Crippen LogP contribution in [-0.4, -0.2) is 35.4 Å². The lowest BCUT2D eigenvalue weighted by Gasteiger charge is -2.18. The molecule has 0 bridgehead atoms. The number of nitrogens with two attached hydrogens (primary N) is 1. The van der Waals surface area contributed by atoms with Crippen molar-refractivity contribution in [1.29, 1.82) is 0 Å². The summed E-state index contributed by atoms with van der Waals surface area (Å²) in [5.41, 5.74) is 6.80. The van der Waals surface area contributed by atoms with Crippen molar-refractivity contribution in [3.63, 3.8) is 0 Å². The average molecular weight is 228 g/mol. The molecular formula is C11H20N2OS. The highest BCUT2D eigenvalue weighted by molar-refractivity contribution is 7.99. The molecule has 0 spiro atoms. The quantitative estimate of drug-likeness (QED) is 0.777. The molecule has 1 unspecified atom stereocenters. The maximum absolute atomic E-state index is 11.7. The monoisotopic (exact) mass is 228 g/mol. The fourth-order valence-corrected chi connectivity index (χ4v) is 2.41. The number of hydrogen-bond acceptors (Lipinski definition) is 3. The maximum Gasteiger partial charge on any atom is 0.236 e. The van der Waals surface area contributed by atoms with Crippen LogP contribution in [0.4, 0.5) is 0 Å². The second-order valence-corrected chi connectivity index (χ2v) is 5.06. The first-order chi connectivity index (χ1) is 7.11. The van der Waals surface area contributed by atoms with Crippen LogP contribution in [0, 0.1) is 0 Å². The number of nitrogens with zero attached hydrogens (tertiary/aromatic N) is 1. The molecule has 0 aromatic carbocycles. The zero-order valence-electron chi connectivity index (χ0n) is 9.53. The van der Waals surface area contributed by atoms with Gasteiger partial charge in [-0.15, -0.1) is 0 Å². The van der Waals surface area contributed by atoms with E-state index in [0.29, 0.717) is 5.75 Å². The molecule has 3 nitrogen and oxygen atoms in total. The highest BCUT2D eigenvalue weighted by Crippen LogP contribution is 2.20. The summed E-state index contributed by atoms with van der Waals surface area (Å²) in [6, 6.07) is 0.166. The van der Waals surface area contributed by atoms with Crippen molar-refractivity contribution in [1.82, 2.24) is 4.90 Å². The summed E-state index contributed by atoms with van der Waals surface area (Å²) >= 11 is 1.61. The van der Waals surface area contributed by atoms with Gasteiger partial charge in [0.25, 0.3) is 0 Å². The Morgan fingerprint density at radius 1 is 1.73 bits per heavy atom. The SMILES string of the molecule is CC(N)CSCC(=O)N(C)C1=CCCC1. The van der Waals surface area contributed by atoms with E-state index in [9.17, 15) is 4.79 Å². The third kappa shape index (κ3) is 4.26. The summed E-state index contributed by atoms with van der Waals surface area (Å²) in [7, 11) is 1.87. The van der Waals surface area contributed by atoms with Gasteiger partial charge in [0.05, 0.1) is 5.75 Å². The molecule has 2 N–H and O–H groups in total. The van der Waals surface area contributed by atoms with Crippen LogP contribution >= 0.6 is 11.8 Å². The summed E-state index contributed by atoms with van der Waals surface area (Å²) in [5, 5.41) is 0. The van der Waals surface area contributed by atoms with Gasteiger partial charge >= 0.3 is 0 Å². The van der Waals surface area contributed by atoms with E-state index in [1.807, 2.05) is 14.0 Å². The number of carbonyl (C=O) groups excluding carboxylic acids is 1. The third-order valence-corrected chi connectivity index (χ3v) is 3.64. The number of carbonyl (C=O) groups is 1. The fraction of sp³-hybridized carbons (Fsp3) is 0.727. The number of amides is 1. The van der Waals surface area contributed by atoms with E-state index in [1.54, 1.807) is 16.7 Å². The summed E-state index contributed by atoms with van der Waals surface area (Å²) in [5.74, 6) is 1.57. The Labute approximate surface area is 96.1 Å². The molecule has 0 aliphatic heterocycles. The van der Waals surface area contributed by atoms with E-state index in [0.717, 1.165) is 18.6 Å². The minimum absolute atomic E-state index is 0.166. The van der Waals surface area contributed by atoms with E-state index in [2.05, 4.69) is 6.08 Å². The van der Waals surface area contributed by atoms with Crippen LogP contribution in [0.25, 0.3) is 0 Å². The predicted octanol–water partition coefficient (Wildman–Crippen LogP) is 1.59. The van der Waals surface area contributed by atoms with Crippen molar-refractivity contribution in [3.05, 3.63) is 11.8 Å². The molecular weight excluding hydrogens is 208 g/mol. The van der Waals surface area contributed by atoms with E-state index >= 15 is 0 Å². The van der Waals surface area contributed by atoms with Gasteiger partial charge in [-0.05, 0) is 26.2 Å². The lowest BCUT2D eigenvalue weighted by molar-refractivity contribution is -0.125. The molecule has 86 valence electrons. The standard InChI is InChI=1S/C11H20N2OS/c1-9(12)7-15-8-11(14)13(2)10-5-3-4-6-10/h5,9H,3-4,6-8,12H2,1-2H3. The Morgan fingerprint density at radius 3 is 3.00 bits per heavy atom. The summed E-state index contributed by atoms with van der Waals surface area (Å²) in [6.45, 7) is 1.96. The molecule has 4 heteroatoms. The van der Waals surface area contributed by atoms with Gasteiger partial charge in [0.1, 0.15) is 0 Å². The van der Waals surface area contributed by atoms with Crippen LogP contribution in [0.1, 0.15) is 26.2 Å². The molecule has 0 saturated heterocycles. The van der Waals surface area contributed by atoms with E-state index in [1.165, 1.54) is 12.1 Å². The number of rotatable bonds is 5. The van der Waals surface area contributed by atoms with Gasteiger partial charge in [-0.25, -0.2) is 0 Å². The van der Waals surface area contributed by atoms with Crippen molar-refractivity contribution >= 4 is 17.7 Å². The summed E-state index contributed by atoms with van der Waals surface area (Å²) in [4.78, 5) is 13.5. The van der Waals surface area contributed by atoms with Crippen molar-refractivity contribution in [2.75, 3.05) is 18.6 Å². The predicted molar refractivity (Wildman–Crippen MR) is 65.7 cm³/mol. The molecule has 0 aromatic heterocycles. The molecule has 0 saturated carbocycles. The van der Waals surface area contributed by atoms with E-state index < -0.39 is 0 Å². The first-order valence-electron chi connectivity index (χ1n) is 5.40. The largest absolute Gasteiger partial charge is 0.327 e. The smallest absolute Gasteiger partial charge is 0.236 e. The van der Waals surface area contributed by atoms with Gasteiger partial charge in [0.15, 0.2) is 0 Å². The summed E-state index contributed by atoms with van der Waals surface area (Å²) in [6.07, 6.45) is 5.49. The zero-order chi connectivity index (χ0) is 11.3. The third-order valence-electron chi connectivity index (χ3n) is 2.43. The second kappa shape index (κ2) is 6.18. The van der Waals surface area contributed by atoms with Crippen LogP contribution in [0.2, 0.25) is 0 Å². The van der Waals surface area contributed by atoms with Gasteiger partial charge in [-0.3, -0.25) is 4.79 Å². The molecule has 1 rings (SSSR count). The molecule has 0 radical (unpaired) electrons. The van der Waals surface area contributed by atoms with Gasteiger partial charge < -0.3 is 10.6 Å². The van der Waals surface area contributed by atoms with Gasteiger partial charge in [0, 0.05) is 24.5 Å². The molecule has 1 aliphatic rings. The Kier molecular flexibility index (Phi) is 5.19. The van der Waals surface area contributed by atoms with Crippen LogP contribution in [0.3, 0.4) is 0 Å². The van der Waals surface area contributed by atoms with Crippen LogP contribution in [0.15, 0.2) is 11.8 Å². The molecule has 1 atom stereocenters. The van der Waals surface area contributed by atoms with E-state index in [-0.39, 0.29) is 11.9 Å². The minimum atomic E-state index is 0.166. The summed E-state index contributed by atoms with van der Waals surface area (Å²) < 4.78 is 0. The topological polar surface area (TPSA) is 46.3 Å². The molecule has 0 heterocycles. The molecule has 0 fully saturated rings. The second-order valence-electron chi connectivity index (χ2n) is 4.03. The van der Waals surface area contributed by atoms with Crippen LogP contribution < -0.4 is 5.73 Å². The highest BCUT2D eigenvalue weighted by atomic mass is 32.2. The number of thioether (sulfide) groups is 1. The van der Waals surface area contributed by atoms with Crippen LogP contribution in [-0.2, 0) is 4.79 Å². The van der Waals surface area contributed by atoms with Gasteiger partial charge in [0.2, 0.25) is 5.91 Å². The van der Waals surface area contributed by atoms with Crippen LogP contribution in [0.5, 0.6) is 0 Å². The van der Waals surface area contributed by atoms with E-state index in [4.69, 9.17) is 5.73 Å². The molecule has 1 aliphatic carbocycles.